The molecule has 3 N–H and O–H groups in total. The number of hydrogen-bond donors (Lipinski definition) is 3. The van der Waals surface area contributed by atoms with E-state index in [4.69, 9.17) is 0 Å². The van der Waals surface area contributed by atoms with Crippen LogP contribution in [0.4, 0.5) is 5.69 Å². The molecule has 0 aliphatic carbocycles. The largest absolute Gasteiger partial charge is 0.351 e. The smallest absolute Gasteiger partial charge is 0.241 e. The minimum Gasteiger partial charge on any atom is -0.351 e. The molecule has 2 amide bonds. The van der Waals surface area contributed by atoms with Gasteiger partial charge in [0.05, 0.1) is 17.5 Å². The molecular formula is C21H24N6O4S. The van der Waals surface area contributed by atoms with Gasteiger partial charge in [-0.2, -0.15) is 9.82 Å². The molecule has 0 radical (unpaired) electrons. The molecule has 1 aromatic heterocycles. The molecule has 0 unspecified atom stereocenters. The molecule has 0 spiro atoms. The fraction of sp³-hybridized carbons (Fsp3) is 0.238. The predicted molar refractivity (Wildman–Crippen MR) is 118 cm³/mol. The monoisotopic (exact) mass is 456 g/mol. The van der Waals surface area contributed by atoms with Crippen LogP contribution in [-0.2, 0) is 32.7 Å². The molecule has 0 aliphatic heterocycles. The van der Waals surface area contributed by atoms with Gasteiger partial charge in [-0.05, 0) is 42.3 Å². The highest BCUT2D eigenvalue weighted by molar-refractivity contribution is 7.89. The molecule has 11 heteroatoms. The summed E-state index contributed by atoms with van der Waals surface area (Å²) in [5.74, 6) is -0.717. The molecule has 0 bridgehead atoms. The van der Waals surface area contributed by atoms with Gasteiger partial charge in [-0.25, -0.2) is 18.1 Å². The second-order valence-corrected chi connectivity index (χ2v) is 8.84. The summed E-state index contributed by atoms with van der Waals surface area (Å²) >= 11 is 0. The van der Waals surface area contributed by atoms with Crippen LogP contribution in [0.3, 0.4) is 0 Å². The van der Waals surface area contributed by atoms with Crippen molar-refractivity contribution >= 4 is 27.5 Å². The Morgan fingerprint density at radius 3 is 2.38 bits per heavy atom. The molecule has 168 valence electrons. The average molecular weight is 457 g/mol. The number of nitrogens with zero attached hydrogens (tertiary/aromatic N) is 3. The maximum atomic E-state index is 12.6. The van der Waals surface area contributed by atoms with E-state index in [0.29, 0.717) is 12.2 Å². The highest BCUT2D eigenvalue weighted by Crippen LogP contribution is 2.15. The van der Waals surface area contributed by atoms with Crippen LogP contribution in [0.25, 0.3) is 0 Å². The van der Waals surface area contributed by atoms with Crippen LogP contribution in [0, 0.1) is 0 Å². The molecule has 1 atom stereocenters. The number of anilines is 1. The van der Waals surface area contributed by atoms with E-state index in [9.17, 15) is 18.0 Å². The van der Waals surface area contributed by atoms with E-state index in [1.807, 2.05) is 24.3 Å². The highest BCUT2D eigenvalue weighted by Gasteiger charge is 2.22. The molecule has 2 aromatic carbocycles. The van der Waals surface area contributed by atoms with Crippen molar-refractivity contribution in [3.63, 3.8) is 0 Å². The van der Waals surface area contributed by atoms with Gasteiger partial charge in [-0.3, -0.25) is 9.59 Å². The molecule has 10 nitrogen and oxygen atoms in total. The van der Waals surface area contributed by atoms with Gasteiger partial charge in [-0.15, -0.1) is 0 Å². The first-order valence-electron chi connectivity index (χ1n) is 9.81. The number of aromatic nitrogens is 3. The predicted octanol–water partition coefficient (Wildman–Crippen LogP) is 1.27. The SMILES string of the molecule is CC(=O)Nc1ccc(S(=O)(=O)N[C@@H](C)C(=O)NCc2ccccc2Cn2cncn2)cc1. The summed E-state index contributed by atoms with van der Waals surface area (Å²) in [4.78, 5) is 27.5. The first kappa shape index (κ1) is 23.1. The van der Waals surface area contributed by atoms with Gasteiger partial charge in [0.2, 0.25) is 21.8 Å². The Bertz CT molecular complexity index is 1180. The lowest BCUT2D eigenvalue weighted by Gasteiger charge is -2.16. The standard InChI is InChI=1S/C21H24N6O4S/c1-15(26-32(30,31)20-9-7-19(8-10-20)25-16(2)28)21(29)23-11-17-5-3-4-6-18(17)12-27-14-22-13-24-27/h3-10,13-15,26H,11-12H2,1-2H3,(H,23,29)(H,25,28)/t15-/m0/s1. The van der Waals surface area contributed by atoms with E-state index in [-0.39, 0.29) is 17.3 Å². The second-order valence-electron chi connectivity index (χ2n) is 7.13. The van der Waals surface area contributed by atoms with Crippen LogP contribution in [0.2, 0.25) is 0 Å². The third-order valence-electron chi connectivity index (χ3n) is 4.58. The van der Waals surface area contributed by atoms with Gasteiger partial charge in [0.1, 0.15) is 12.7 Å². The van der Waals surface area contributed by atoms with Crippen molar-refractivity contribution < 1.29 is 18.0 Å². The number of amides is 2. The Morgan fingerprint density at radius 1 is 1.06 bits per heavy atom. The fourth-order valence-electron chi connectivity index (χ4n) is 2.98. The number of sulfonamides is 1. The van der Waals surface area contributed by atoms with Crippen LogP contribution in [-0.4, -0.2) is 41.0 Å². The lowest BCUT2D eigenvalue weighted by Crippen LogP contribution is -2.44. The Kier molecular flexibility index (Phi) is 7.33. The molecular weight excluding hydrogens is 432 g/mol. The molecule has 3 rings (SSSR count). The summed E-state index contributed by atoms with van der Waals surface area (Å²) in [5.41, 5.74) is 2.33. The minimum atomic E-state index is -3.92. The van der Waals surface area contributed by atoms with E-state index in [2.05, 4.69) is 25.4 Å². The van der Waals surface area contributed by atoms with Crippen molar-refractivity contribution in [3.8, 4) is 0 Å². The van der Waals surface area contributed by atoms with Crippen LogP contribution in [0.1, 0.15) is 25.0 Å². The quantitative estimate of drug-likeness (QED) is 0.444. The number of nitrogens with one attached hydrogen (secondary N) is 3. The minimum absolute atomic E-state index is 0.00979. The summed E-state index contributed by atoms with van der Waals surface area (Å²) in [6.45, 7) is 3.57. The third-order valence-corrected chi connectivity index (χ3v) is 6.14. The average Bonchev–Trinajstić information content (AvgIpc) is 3.25. The topological polar surface area (TPSA) is 135 Å². The second kappa shape index (κ2) is 10.2. The molecule has 1 heterocycles. The van der Waals surface area contributed by atoms with Crippen molar-refractivity contribution in [1.29, 1.82) is 0 Å². The van der Waals surface area contributed by atoms with Gasteiger partial charge < -0.3 is 10.6 Å². The van der Waals surface area contributed by atoms with Gasteiger partial charge in [-0.1, -0.05) is 24.3 Å². The fourth-order valence-corrected chi connectivity index (χ4v) is 4.19. The zero-order chi connectivity index (χ0) is 23.1. The Hall–Kier alpha value is -3.57. The van der Waals surface area contributed by atoms with Crippen LogP contribution >= 0.6 is 0 Å². The molecule has 0 fully saturated rings. The van der Waals surface area contributed by atoms with Crippen LogP contribution < -0.4 is 15.4 Å². The summed E-state index contributed by atoms with van der Waals surface area (Å²) in [6.07, 6.45) is 3.06. The first-order chi connectivity index (χ1) is 15.2. The van der Waals surface area contributed by atoms with E-state index in [1.54, 1.807) is 11.0 Å². The zero-order valence-electron chi connectivity index (χ0n) is 17.6. The lowest BCUT2D eigenvalue weighted by molar-refractivity contribution is -0.122. The molecule has 3 aromatic rings. The van der Waals surface area contributed by atoms with Gasteiger partial charge in [0.15, 0.2) is 0 Å². The van der Waals surface area contributed by atoms with Crippen molar-refractivity contribution in [2.45, 2.75) is 37.9 Å². The van der Waals surface area contributed by atoms with Gasteiger partial charge in [0, 0.05) is 19.2 Å². The number of benzene rings is 2. The molecule has 32 heavy (non-hydrogen) atoms. The highest BCUT2D eigenvalue weighted by atomic mass is 32.2. The maximum absolute atomic E-state index is 12.6. The molecule has 0 aliphatic rings. The number of carbonyl (C=O) groups excluding carboxylic acids is 2. The van der Waals surface area contributed by atoms with Crippen molar-refractivity contribution in [2.24, 2.45) is 0 Å². The van der Waals surface area contributed by atoms with Crippen LogP contribution in [0.5, 0.6) is 0 Å². The zero-order valence-corrected chi connectivity index (χ0v) is 18.5. The van der Waals surface area contributed by atoms with Crippen LogP contribution in [0.15, 0.2) is 66.1 Å². The van der Waals surface area contributed by atoms with E-state index < -0.39 is 22.0 Å². The summed E-state index contributed by atoms with van der Waals surface area (Å²) in [7, 11) is -3.92. The Labute approximate surface area is 186 Å². The number of rotatable bonds is 9. The Balaban J connectivity index is 1.60. The maximum Gasteiger partial charge on any atom is 0.241 e. The number of hydrogen-bond acceptors (Lipinski definition) is 6. The lowest BCUT2D eigenvalue weighted by atomic mass is 10.1. The summed E-state index contributed by atoms with van der Waals surface area (Å²) in [5, 5.41) is 9.42. The summed E-state index contributed by atoms with van der Waals surface area (Å²) < 4.78 is 29.2. The normalized spacial score (nSPS) is 12.2. The molecule has 0 saturated carbocycles. The third kappa shape index (κ3) is 6.22. The first-order valence-corrected chi connectivity index (χ1v) is 11.3. The van der Waals surface area contributed by atoms with Gasteiger partial charge in [0.25, 0.3) is 0 Å². The van der Waals surface area contributed by atoms with E-state index in [0.717, 1.165) is 11.1 Å². The van der Waals surface area contributed by atoms with E-state index in [1.165, 1.54) is 44.4 Å². The van der Waals surface area contributed by atoms with Crippen molar-refractivity contribution in [1.82, 2.24) is 24.8 Å². The molecule has 0 saturated heterocycles. The van der Waals surface area contributed by atoms with Crippen molar-refractivity contribution in [2.75, 3.05) is 5.32 Å². The van der Waals surface area contributed by atoms with Gasteiger partial charge >= 0.3 is 0 Å². The number of carbonyl (C=O) groups is 2. The summed E-state index contributed by atoms with van der Waals surface area (Å²) in [6, 6.07) is 12.3. The van der Waals surface area contributed by atoms with E-state index >= 15 is 0 Å². The Morgan fingerprint density at radius 2 is 1.75 bits per heavy atom. The van der Waals surface area contributed by atoms with Crippen molar-refractivity contribution in [3.05, 3.63) is 72.3 Å².